The fourth-order valence-electron chi connectivity index (χ4n) is 5.31. The van der Waals surface area contributed by atoms with Crippen molar-refractivity contribution in [2.24, 2.45) is 0 Å². The van der Waals surface area contributed by atoms with E-state index in [4.69, 9.17) is 9.47 Å². The number of nitrogens with zero attached hydrogens (tertiary/aromatic N) is 6. The van der Waals surface area contributed by atoms with Gasteiger partial charge in [-0.2, -0.15) is 0 Å². The monoisotopic (exact) mass is 591 g/mol. The maximum absolute atomic E-state index is 14.2. The lowest BCUT2D eigenvalue weighted by Gasteiger charge is -2.32. The number of amides is 2. The molecule has 3 heterocycles. The molecule has 44 heavy (non-hydrogen) atoms. The summed E-state index contributed by atoms with van der Waals surface area (Å²) >= 11 is 0. The van der Waals surface area contributed by atoms with Crippen molar-refractivity contribution in [3.8, 4) is 5.75 Å². The average Bonchev–Trinajstić information content (AvgIpc) is 3.48. The van der Waals surface area contributed by atoms with Crippen LogP contribution in [0.1, 0.15) is 17.2 Å². The van der Waals surface area contributed by atoms with Gasteiger partial charge in [0, 0.05) is 43.4 Å². The number of rotatable bonds is 10. The summed E-state index contributed by atoms with van der Waals surface area (Å²) in [5.74, 6) is -0.0102. The lowest BCUT2D eigenvalue weighted by atomic mass is 10.0. The molecule has 2 amide bonds. The van der Waals surface area contributed by atoms with E-state index in [2.05, 4.69) is 25.5 Å². The van der Waals surface area contributed by atoms with Gasteiger partial charge < -0.3 is 24.6 Å². The average molecular weight is 592 g/mol. The summed E-state index contributed by atoms with van der Waals surface area (Å²) in [4.78, 5) is 36.4. The summed E-state index contributed by atoms with van der Waals surface area (Å²) in [6, 6.07) is 25.1. The van der Waals surface area contributed by atoms with Gasteiger partial charge in [-0.15, -0.1) is 5.10 Å². The van der Waals surface area contributed by atoms with Crippen LogP contribution in [0.5, 0.6) is 5.75 Å². The SMILES string of the molecule is COc1ccc([C@@H](C(=O)Nc2ccc(N3CCOCC3)cc2)N(Cc2cccnc2)C(=O)Cn2nnc3ccccc32)cc1. The number of methoxy groups -OCH3 is 1. The van der Waals surface area contributed by atoms with Crippen LogP contribution in [-0.2, 0) is 27.4 Å². The molecule has 224 valence electrons. The maximum atomic E-state index is 14.2. The van der Waals surface area contributed by atoms with E-state index in [1.165, 1.54) is 0 Å². The number of benzene rings is 3. The predicted octanol–water partition coefficient (Wildman–Crippen LogP) is 4.08. The smallest absolute Gasteiger partial charge is 0.251 e. The Hall–Kier alpha value is -5.29. The number of morpholine rings is 1. The fourth-order valence-corrected chi connectivity index (χ4v) is 5.31. The number of aromatic nitrogens is 4. The van der Waals surface area contributed by atoms with Gasteiger partial charge in [-0.25, -0.2) is 4.68 Å². The second kappa shape index (κ2) is 13.3. The van der Waals surface area contributed by atoms with Crippen LogP contribution in [0.15, 0.2) is 97.3 Å². The van der Waals surface area contributed by atoms with Crippen molar-refractivity contribution in [2.45, 2.75) is 19.1 Å². The molecule has 2 aromatic heterocycles. The van der Waals surface area contributed by atoms with Gasteiger partial charge >= 0.3 is 0 Å². The zero-order valence-electron chi connectivity index (χ0n) is 24.4. The third-order valence-corrected chi connectivity index (χ3v) is 7.60. The van der Waals surface area contributed by atoms with Crippen molar-refractivity contribution in [2.75, 3.05) is 43.6 Å². The van der Waals surface area contributed by atoms with Crippen LogP contribution in [0.25, 0.3) is 11.0 Å². The van der Waals surface area contributed by atoms with Gasteiger partial charge in [0.1, 0.15) is 23.9 Å². The van der Waals surface area contributed by atoms with Gasteiger partial charge in [-0.3, -0.25) is 14.6 Å². The van der Waals surface area contributed by atoms with E-state index >= 15 is 0 Å². The number of nitrogens with one attached hydrogen (secondary N) is 1. The highest BCUT2D eigenvalue weighted by Gasteiger charge is 2.32. The van der Waals surface area contributed by atoms with Crippen LogP contribution >= 0.6 is 0 Å². The Labute approximate surface area is 255 Å². The number of fused-ring (bicyclic) bond motifs is 1. The molecule has 0 saturated carbocycles. The number of carbonyl (C=O) groups excluding carboxylic acids is 2. The minimum Gasteiger partial charge on any atom is -0.497 e. The zero-order chi connectivity index (χ0) is 30.3. The molecule has 0 bridgehead atoms. The largest absolute Gasteiger partial charge is 0.497 e. The Morgan fingerprint density at radius 2 is 1.75 bits per heavy atom. The highest BCUT2D eigenvalue weighted by Crippen LogP contribution is 2.28. The first-order chi connectivity index (χ1) is 21.6. The van der Waals surface area contributed by atoms with E-state index in [1.54, 1.807) is 59.4 Å². The Morgan fingerprint density at radius 3 is 2.48 bits per heavy atom. The van der Waals surface area contributed by atoms with Crippen LogP contribution < -0.4 is 15.0 Å². The van der Waals surface area contributed by atoms with Gasteiger partial charge in [-0.05, 0) is 65.7 Å². The van der Waals surface area contributed by atoms with E-state index in [9.17, 15) is 9.59 Å². The Kier molecular flexibility index (Phi) is 8.74. The molecule has 11 nitrogen and oxygen atoms in total. The molecule has 0 unspecified atom stereocenters. The number of anilines is 2. The minimum absolute atomic E-state index is 0.102. The van der Waals surface area contributed by atoms with Crippen LogP contribution in [-0.4, -0.2) is 70.1 Å². The summed E-state index contributed by atoms with van der Waals surface area (Å²) in [6.45, 7) is 3.06. The topological polar surface area (TPSA) is 115 Å². The van der Waals surface area contributed by atoms with Crippen molar-refractivity contribution < 1.29 is 19.1 Å². The third kappa shape index (κ3) is 6.52. The lowest BCUT2D eigenvalue weighted by Crippen LogP contribution is -2.42. The van der Waals surface area contributed by atoms with Crippen LogP contribution in [0.2, 0.25) is 0 Å². The number of carbonyl (C=O) groups is 2. The predicted molar refractivity (Wildman–Crippen MR) is 166 cm³/mol. The van der Waals surface area contributed by atoms with Crippen molar-refractivity contribution in [3.63, 3.8) is 0 Å². The van der Waals surface area contributed by atoms with Gasteiger partial charge in [0.05, 0.1) is 25.8 Å². The zero-order valence-corrected chi connectivity index (χ0v) is 24.4. The van der Waals surface area contributed by atoms with Crippen molar-refractivity contribution in [3.05, 3.63) is 108 Å². The normalized spacial score (nSPS) is 13.8. The number of para-hydroxylation sites is 1. The maximum Gasteiger partial charge on any atom is 0.251 e. The summed E-state index contributed by atoms with van der Waals surface area (Å²) in [7, 11) is 1.58. The van der Waals surface area contributed by atoms with Gasteiger partial charge in [0.25, 0.3) is 5.91 Å². The third-order valence-electron chi connectivity index (χ3n) is 7.60. The molecule has 5 aromatic rings. The second-order valence-corrected chi connectivity index (χ2v) is 10.4. The molecular formula is C33H33N7O4. The fraction of sp³-hybridized carbons (Fsp3) is 0.242. The summed E-state index contributed by atoms with van der Waals surface area (Å²) < 4.78 is 12.4. The standard InChI is InChI=1S/C33H33N7O4/c1-43-28-14-8-25(9-15-28)32(33(42)35-26-10-12-27(13-11-26)38-17-19-44-20-18-38)39(22-24-5-4-16-34-21-24)31(41)23-40-30-7-3-2-6-29(30)36-37-40/h2-16,21,32H,17-20,22-23H2,1H3,(H,35,42)/t32-/m0/s1. The molecule has 6 rings (SSSR count). The first-order valence-corrected chi connectivity index (χ1v) is 14.4. The number of hydrogen-bond acceptors (Lipinski definition) is 8. The molecule has 1 fully saturated rings. The minimum atomic E-state index is -0.970. The second-order valence-electron chi connectivity index (χ2n) is 10.4. The first-order valence-electron chi connectivity index (χ1n) is 14.4. The Balaban J connectivity index is 1.33. The highest BCUT2D eigenvalue weighted by atomic mass is 16.5. The van der Waals surface area contributed by atoms with E-state index in [-0.39, 0.29) is 24.9 Å². The van der Waals surface area contributed by atoms with E-state index in [0.717, 1.165) is 29.9 Å². The summed E-state index contributed by atoms with van der Waals surface area (Å²) in [5, 5.41) is 11.5. The molecule has 0 radical (unpaired) electrons. The molecule has 1 saturated heterocycles. The van der Waals surface area contributed by atoms with E-state index in [1.807, 2.05) is 54.6 Å². The van der Waals surface area contributed by atoms with Gasteiger partial charge in [-0.1, -0.05) is 35.5 Å². The van der Waals surface area contributed by atoms with Crippen molar-refractivity contribution in [1.82, 2.24) is 24.9 Å². The molecule has 1 N–H and O–H groups in total. The Morgan fingerprint density at radius 1 is 0.977 bits per heavy atom. The molecule has 1 aliphatic rings. The number of hydrogen-bond donors (Lipinski definition) is 1. The van der Waals surface area contributed by atoms with Gasteiger partial charge in [0.2, 0.25) is 5.91 Å². The highest BCUT2D eigenvalue weighted by molar-refractivity contribution is 5.98. The van der Waals surface area contributed by atoms with Crippen LogP contribution in [0.4, 0.5) is 11.4 Å². The van der Waals surface area contributed by atoms with E-state index in [0.29, 0.717) is 35.7 Å². The summed E-state index contributed by atoms with van der Waals surface area (Å²) in [5.41, 5.74) is 4.52. The molecule has 1 aliphatic heterocycles. The quantitative estimate of drug-likeness (QED) is 0.259. The molecule has 0 spiro atoms. The first kappa shape index (κ1) is 28.8. The Bertz CT molecular complexity index is 1700. The molecule has 0 aliphatic carbocycles. The molecule has 3 aromatic carbocycles. The molecule has 11 heteroatoms. The van der Waals surface area contributed by atoms with E-state index < -0.39 is 6.04 Å². The summed E-state index contributed by atoms with van der Waals surface area (Å²) in [6.07, 6.45) is 3.37. The van der Waals surface area contributed by atoms with Crippen LogP contribution in [0.3, 0.4) is 0 Å². The van der Waals surface area contributed by atoms with Crippen LogP contribution in [0, 0.1) is 0 Å². The molecule has 1 atom stereocenters. The number of pyridine rings is 1. The number of ether oxygens (including phenoxy) is 2. The van der Waals surface area contributed by atoms with Crippen molar-refractivity contribution >= 4 is 34.2 Å². The molecular weight excluding hydrogens is 558 g/mol. The van der Waals surface area contributed by atoms with Crippen molar-refractivity contribution in [1.29, 1.82) is 0 Å². The lowest BCUT2D eigenvalue weighted by molar-refractivity contribution is -0.140. The van der Waals surface area contributed by atoms with Gasteiger partial charge in [0.15, 0.2) is 0 Å².